The number of hydrogen-bond donors (Lipinski definition) is 0. The second-order valence-corrected chi connectivity index (χ2v) is 3.48. The third-order valence-electron chi connectivity index (χ3n) is 2.27. The van der Waals surface area contributed by atoms with Gasteiger partial charge in [0.25, 0.3) is 0 Å². The molecule has 1 unspecified atom stereocenters. The van der Waals surface area contributed by atoms with Crippen molar-refractivity contribution in [1.29, 1.82) is 0 Å². The molecule has 0 aromatic heterocycles. The van der Waals surface area contributed by atoms with Crippen LogP contribution in [0, 0.1) is 5.92 Å². The summed E-state index contributed by atoms with van der Waals surface area (Å²) in [5, 5.41) is 8.71. The molecule has 1 rings (SSSR count). The average Bonchev–Trinajstić information content (AvgIpc) is 2.47. The molecule has 0 aromatic rings. The summed E-state index contributed by atoms with van der Waals surface area (Å²) in [6.45, 7) is 5.12. The fraction of sp³-hybridized carbons (Fsp3) is 0.667. The molecule has 1 fully saturated rings. The standard InChI is InChI=1S/C9H15N3.Y/c1-8-2-3-12(6-8)7-9(4-10)5-11;/h4-5,8,10H,2-3,6-7H2,1H3;/q-2;/b9-4+;. The largest absolute Gasteiger partial charge is 0.810 e. The van der Waals surface area contributed by atoms with E-state index in [-0.39, 0.29) is 32.7 Å². The summed E-state index contributed by atoms with van der Waals surface area (Å²) >= 11 is 0. The van der Waals surface area contributed by atoms with Crippen molar-refractivity contribution in [2.24, 2.45) is 5.92 Å². The van der Waals surface area contributed by atoms with E-state index >= 15 is 0 Å². The Labute approximate surface area is 105 Å². The summed E-state index contributed by atoms with van der Waals surface area (Å²) in [6.07, 6.45) is 3.47. The van der Waals surface area contributed by atoms with Gasteiger partial charge >= 0.3 is 0 Å². The van der Waals surface area contributed by atoms with Crippen molar-refractivity contribution in [3.8, 4) is 0 Å². The van der Waals surface area contributed by atoms with E-state index in [0.29, 0.717) is 12.1 Å². The van der Waals surface area contributed by atoms with Crippen LogP contribution in [0.2, 0.25) is 0 Å². The SMILES string of the molecule is CC1CCN(C/C(C=[N-])=C/[NH-])C1.[Y]. The Kier molecular flexibility index (Phi) is 6.83. The maximum absolute atomic E-state index is 8.71. The zero-order valence-electron chi connectivity index (χ0n) is 8.03. The van der Waals surface area contributed by atoms with Gasteiger partial charge in [-0.25, -0.2) is 0 Å². The van der Waals surface area contributed by atoms with Crippen molar-refractivity contribution in [2.45, 2.75) is 13.3 Å². The van der Waals surface area contributed by atoms with E-state index in [9.17, 15) is 0 Å². The molecule has 0 aromatic carbocycles. The number of rotatable bonds is 3. The first-order valence-corrected chi connectivity index (χ1v) is 4.32. The van der Waals surface area contributed by atoms with Gasteiger partial charge in [0.15, 0.2) is 0 Å². The molecule has 4 heteroatoms. The molecular weight excluding hydrogens is 239 g/mol. The van der Waals surface area contributed by atoms with Crippen LogP contribution in [0.5, 0.6) is 0 Å². The zero-order valence-corrected chi connectivity index (χ0v) is 10.9. The molecular formula is C9H15N3Y-2. The van der Waals surface area contributed by atoms with Gasteiger partial charge in [-0.15, -0.1) is 0 Å². The predicted molar refractivity (Wildman–Crippen MR) is 52.0 cm³/mol. The van der Waals surface area contributed by atoms with Gasteiger partial charge in [0.1, 0.15) is 0 Å². The molecule has 1 saturated heterocycles. The van der Waals surface area contributed by atoms with E-state index in [0.717, 1.165) is 25.2 Å². The van der Waals surface area contributed by atoms with Gasteiger partial charge in [0, 0.05) is 45.8 Å². The molecule has 1 radical (unpaired) electrons. The van der Waals surface area contributed by atoms with Gasteiger partial charge in [-0.3, -0.25) is 4.90 Å². The molecule has 0 aliphatic carbocycles. The van der Waals surface area contributed by atoms with Crippen LogP contribution in [0.15, 0.2) is 11.8 Å². The van der Waals surface area contributed by atoms with Gasteiger partial charge in [-0.05, 0) is 18.9 Å². The second kappa shape index (κ2) is 6.69. The Morgan fingerprint density at radius 3 is 2.77 bits per heavy atom. The molecule has 13 heavy (non-hydrogen) atoms. The van der Waals surface area contributed by atoms with Crippen molar-refractivity contribution in [2.75, 3.05) is 19.6 Å². The van der Waals surface area contributed by atoms with Crippen LogP contribution < -0.4 is 0 Å². The summed E-state index contributed by atoms with van der Waals surface area (Å²) in [7, 11) is 0. The summed E-state index contributed by atoms with van der Waals surface area (Å²) in [4.78, 5) is 2.26. The predicted octanol–water partition coefficient (Wildman–Crippen LogP) is 1.90. The van der Waals surface area contributed by atoms with Crippen molar-refractivity contribution in [3.63, 3.8) is 0 Å². The van der Waals surface area contributed by atoms with E-state index in [4.69, 9.17) is 11.1 Å². The zero-order chi connectivity index (χ0) is 8.97. The van der Waals surface area contributed by atoms with Crippen LogP contribution in [0.3, 0.4) is 0 Å². The first-order valence-electron chi connectivity index (χ1n) is 4.32. The van der Waals surface area contributed by atoms with Crippen molar-refractivity contribution < 1.29 is 32.7 Å². The number of nitrogens with one attached hydrogen (secondary N) is 1. The van der Waals surface area contributed by atoms with Crippen LogP contribution >= 0.6 is 0 Å². The average molecular weight is 254 g/mol. The Morgan fingerprint density at radius 2 is 2.38 bits per heavy atom. The first-order chi connectivity index (χ1) is 5.76. The molecule has 71 valence electrons. The minimum Gasteiger partial charge on any atom is -0.810 e. The Morgan fingerprint density at radius 1 is 1.69 bits per heavy atom. The summed E-state index contributed by atoms with van der Waals surface area (Å²) in [5.74, 6) is 0.760. The molecule has 0 bridgehead atoms. The Hall–Kier alpha value is 0.274. The molecule has 3 nitrogen and oxygen atoms in total. The molecule has 1 aliphatic heterocycles. The molecule has 1 atom stereocenters. The van der Waals surface area contributed by atoms with E-state index in [1.165, 1.54) is 12.6 Å². The normalized spacial score (nSPS) is 24.1. The minimum atomic E-state index is 0. The van der Waals surface area contributed by atoms with Gasteiger partial charge in [0.2, 0.25) is 0 Å². The first kappa shape index (κ1) is 13.3. The van der Waals surface area contributed by atoms with Crippen molar-refractivity contribution in [1.82, 2.24) is 4.90 Å². The summed E-state index contributed by atoms with van der Waals surface area (Å²) < 4.78 is 0. The van der Waals surface area contributed by atoms with Crippen LogP contribution in [0.1, 0.15) is 13.3 Å². The van der Waals surface area contributed by atoms with Gasteiger partial charge < -0.3 is 11.1 Å². The third kappa shape index (κ3) is 4.34. The third-order valence-corrected chi connectivity index (χ3v) is 2.27. The maximum Gasteiger partial charge on any atom is 0.0197 e. The van der Waals surface area contributed by atoms with Crippen LogP contribution in [0.25, 0.3) is 11.1 Å². The maximum atomic E-state index is 8.71. The quantitative estimate of drug-likeness (QED) is 0.709. The van der Waals surface area contributed by atoms with Crippen LogP contribution in [-0.4, -0.2) is 30.7 Å². The van der Waals surface area contributed by atoms with E-state index in [2.05, 4.69) is 11.8 Å². The smallest absolute Gasteiger partial charge is 0.0197 e. The summed E-state index contributed by atoms with van der Waals surface area (Å²) in [6, 6.07) is 0. The second-order valence-electron chi connectivity index (χ2n) is 3.48. The van der Waals surface area contributed by atoms with E-state index in [1.54, 1.807) is 0 Å². The van der Waals surface area contributed by atoms with E-state index in [1.807, 2.05) is 0 Å². The Balaban J connectivity index is 0.00000144. The molecule has 1 N–H and O–H groups in total. The fourth-order valence-corrected chi connectivity index (χ4v) is 1.55. The van der Waals surface area contributed by atoms with Crippen molar-refractivity contribution >= 4 is 6.21 Å². The number of nitrogens with zero attached hydrogens (tertiary/aromatic N) is 2. The van der Waals surface area contributed by atoms with Gasteiger partial charge in [-0.2, -0.15) is 12.4 Å². The number of hydrogen-bond acceptors (Lipinski definition) is 1. The number of likely N-dealkylation sites (tertiary alicyclic amines) is 1. The minimum absolute atomic E-state index is 0. The van der Waals surface area contributed by atoms with Gasteiger partial charge in [-0.1, -0.05) is 12.5 Å². The molecule has 1 aliphatic rings. The van der Waals surface area contributed by atoms with Crippen LogP contribution in [-0.2, 0) is 32.7 Å². The van der Waals surface area contributed by atoms with Gasteiger partial charge in [0.05, 0.1) is 0 Å². The summed E-state index contributed by atoms with van der Waals surface area (Å²) in [5.41, 5.74) is 7.68. The van der Waals surface area contributed by atoms with E-state index < -0.39 is 0 Å². The fourth-order valence-electron chi connectivity index (χ4n) is 1.55. The monoisotopic (exact) mass is 254 g/mol. The molecule has 0 spiro atoms. The Bertz CT molecular complexity index is 191. The van der Waals surface area contributed by atoms with Crippen molar-refractivity contribution in [3.05, 3.63) is 22.9 Å². The molecule has 1 heterocycles. The molecule has 0 saturated carbocycles. The topological polar surface area (TPSA) is 49.3 Å². The molecule has 0 amide bonds. The van der Waals surface area contributed by atoms with Crippen LogP contribution in [0.4, 0.5) is 0 Å².